The van der Waals surface area contributed by atoms with Crippen molar-refractivity contribution in [1.29, 1.82) is 0 Å². The molecule has 1 fully saturated rings. The molecule has 8 heteroatoms. The minimum Gasteiger partial charge on any atom is -0.365 e. The smallest absolute Gasteiger partial charge is 0.264 e. The van der Waals surface area contributed by atoms with Crippen molar-refractivity contribution in [3.05, 3.63) is 70.0 Å². The summed E-state index contributed by atoms with van der Waals surface area (Å²) >= 11 is 0. The first kappa shape index (κ1) is 23.8. The van der Waals surface area contributed by atoms with Crippen LogP contribution in [0.5, 0.6) is 0 Å². The molecule has 3 aromatic heterocycles. The van der Waals surface area contributed by atoms with Gasteiger partial charge in [-0.15, -0.1) is 0 Å². The van der Waals surface area contributed by atoms with E-state index in [1.54, 1.807) is 12.3 Å². The predicted molar refractivity (Wildman–Crippen MR) is 141 cm³/mol. The summed E-state index contributed by atoms with van der Waals surface area (Å²) in [7, 11) is 4.32. The zero-order valence-electron chi connectivity index (χ0n) is 20.9. The molecule has 184 valence electrons. The summed E-state index contributed by atoms with van der Waals surface area (Å²) in [6.07, 6.45) is 8.05. The van der Waals surface area contributed by atoms with Crippen LogP contribution in [0.3, 0.4) is 0 Å². The van der Waals surface area contributed by atoms with Crippen LogP contribution in [0.2, 0.25) is 0 Å². The lowest BCUT2D eigenvalue weighted by atomic mass is 9.90. The maximum atomic E-state index is 12.4. The second kappa shape index (κ2) is 9.59. The number of imidazole rings is 1. The van der Waals surface area contributed by atoms with E-state index in [2.05, 4.69) is 53.4 Å². The van der Waals surface area contributed by atoms with E-state index in [1.165, 1.54) is 23.5 Å². The Morgan fingerprint density at radius 3 is 2.67 bits per heavy atom. The summed E-state index contributed by atoms with van der Waals surface area (Å²) in [4.78, 5) is 35.6. The molecule has 0 radical (unpaired) electrons. The molecule has 0 spiro atoms. The summed E-state index contributed by atoms with van der Waals surface area (Å²) in [6, 6.07) is 10.1. The monoisotopic (exact) mass is 482 g/mol. The molecule has 36 heavy (non-hydrogen) atoms. The quantitative estimate of drug-likeness (QED) is 0.450. The van der Waals surface area contributed by atoms with Gasteiger partial charge in [0.05, 0.1) is 23.8 Å². The Morgan fingerprint density at radius 2 is 1.94 bits per heavy atom. The molecular weight excluding hydrogens is 452 g/mol. The Kier molecular flexibility index (Phi) is 6.33. The lowest BCUT2D eigenvalue weighted by Gasteiger charge is -2.34. The van der Waals surface area contributed by atoms with Crippen LogP contribution >= 0.6 is 0 Å². The number of benzene rings is 1. The standard InChI is InChI=1S/C28H30N6O2/c1-18-31-25-17-30-24-13-8-19(6-4-14-33-15-5-7-22(27(29)35)28(33)36)16-23(24)26(25)34(18)21-11-9-20(10-12-21)32(2)3/h5,7-8,13,15-17,20-21H,9-12,14H2,1-3H3,(H2,29,35). The van der Waals surface area contributed by atoms with Gasteiger partial charge in [-0.05, 0) is 77.0 Å². The first-order valence-electron chi connectivity index (χ1n) is 12.3. The van der Waals surface area contributed by atoms with E-state index in [4.69, 9.17) is 10.7 Å². The van der Waals surface area contributed by atoms with Crippen LogP contribution in [0.25, 0.3) is 21.9 Å². The van der Waals surface area contributed by atoms with E-state index >= 15 is 0 Å². The third-order valence-corrected chi connectivity index (χ3v) is 7.22. The second-order valence-electron chi connectivity index (χ2n) is 9.70. The Morgan fingerprint density at radius 1 is 1.17 bits per heavy atom. The number of nitrogens with two attached hydrogens (primary N) is 1. The average Bonchev–Trinajstić information content (AvgIpc) is 3.21. The van der Waals surface area contributed by atoms with Gasteiger partial charge in [-0.1, -0.05) is 11.8 Å². The van der Waals surface area contributed by atoms with Crippen LogP contribution in [0.15, 0.2) is 47.5 Å². The summed E-state index contributed by atoms with van der Waals surface area (Å²) < 4.78 is 3.79. The van der Waals surface area contributed by atoms with Crippen LogP contribution in [-0.4, -0.2) is 50.0 Å². The molecule has 0 saturated heterocycles. The van der Waals surface area contributed by atoms with Crippen molar-refractivity contribution in [2.75, 3.05) is 14.1 Å². The number of fused-ring (bicyclic) bond motifs is 3. The van der Waals surface area contributed by atoms with E-state index < -0.39 is 11.5 Å². The average molecular weight is 483 g/mol. The number of aryl methyl sites for hydroxylation is 1. The first-order valence-corrected chi connectivity index (χ1v) is 12.3. The van der Waals surface area contributed by atoms with Crippen molar-refractivity contribution < 1.29 is 4.79 Å². The number of hydrogen-bond donors (Lipinski definition) is 1. The second-order valence-corrected chi connectivity index (χ2v) is 9.70. The van der Waals surface area contributed by atoms with Crippen molar-refractivity contribution in [3.8, 4) is 11.8 Å². The molecule has 0 aliphatic heterocycles. The Labute approximate surface area is 209 Å². The normalized spacial score (nSPS) is 17.9. The van der Waals surface area contributed by atoms with Gasteiger partial charge in [0.25, 0.3) is 11.5 Å². The van der Waals surface area contributed by atoms with Gasteiger partial charge in [0, 0.05) is 29.2 Å². The molecule has 0 unspecified atom stereocenters. The zero-order chi connectivity index (χ0) is 25.4. The Balaban J connectivity index is 1.50. The van der Waals surface area contributed by atoms with Gasteiger partial charge in [0.15, 0.2) is 0 Å². The molecule has 1 amide bonds. The highest BCUT2D eigenvalue weighted by Gasteiger charge is 2.26. The van der Waals surface area contributed by atoms with Gasteiger partial charge in [-0.3, -0.25) is 14.6 Å². The first-order chi connectivity index (χ1) is 17.3. The van der Waals surface area contributed by atoms with Crippen LogP contribution < -0.4 is 11.3 Å². The molecule has 1 aliphatic rings. The molecule has 5 rings (SSSR count). The lowest BCUT2D eigenvalue weighted by Crippen LogP contribution is -2.33. The number of amides is 1. The topological polar surface area (TPSA) is 99.0 Å². The molecule has 0 atom stereocenters. The largest absolute Gasteiger partial charge is 0.365 e. The summed E-state index contributed by atoms with van der Waals surface area (Å²) in [5.41, 5.74) is 8.55. The molecule has 1 saturated carbocycles. The predicted octanol–water partition coefficient (Wildman–Crippen LogP) is 3.25. The molecule has 1 aromatic carbocycles. The molecule has 8 nitrogen and oxygen atoms in total. The number of carbonyl (C=O) groups is 1. The fraction of sp³-hybridized carbons (Fsp3) is 0.357. The minimum absolute atomic E-state index is 0.0401. The van der Waals surface area contributed by atoms with Crippen molar-refractivity contribution >= 4 is 27.8 Å². The van der Waals surface area contributed by atoms with Gasteiger partial charge in [0.1, 0.15) is 16.9 Å². The summed E-state index contributed by atoms with van der Waals surface area (Å²) in [5, 5.41) is 1.03. The van der Waals surface area contributed by atoms with Crippen molar-refractivity contribution in [3.63, 3.8) is 0 Å². The van der Waals surface area contributed by atoms with Gasteiger partial charge in [0.2, 0.25) is 0 Å². The van der Waals surface area contributed by atoms with Crippen LogP contribution in [0.1, 0.15) is 53.5 Å². The number of primary amides is 1. The fourth-order valence-electron chi connectivity index (χ4n) is 5.33. The lowest BCUT2D eigenvalue weighted by molar-refractivity contribution is 0.0998. The maximum absolute atomic E-state index is 12.4. The van der Waals surface area contributed by atoms with Gasteiger partial charge < -0.3 is 19.8 Å². The van der Waals surface area contributed by atoms with Gasteiger partial charge in [-0.2, -0.15) is 0 Å². The van der Waals surface area contributed by atoms with Crippen LogP contribution in [-0.2, 0) is 6.54 Å². The highest BCUT2D eigenvalue weighted by atomic mass is 16.2. The molecule has 2 N–H and O–H groups in total. The van der Waals surface area contributed by atoms with Crippen LogP contribution in [0, 0.1) is 18.8 Å². The highest BCUT2D eigenvalue weighted by Crippen LogP contribution is 2.36. The van der Waals surface area contributed by atoms with Gasteiger partial charge in [-0.25, -0.2) is 4.98 Å². The number of carbonyl (C=O) groups excluding carboxylic acids is 1. The van der Waals surface area contributed by atoms with E-state index in [0.29, 0.717) is 12.1 Å². The van der Waals surface area contributed by atoms with E-state index in [9.17, 15) is 9.59 Å². The number of hydrogen-bond acceptors (Lipinski definition) is 5. The fourth-order valence-corrected chi connectivity index (χ4v) is 5.33. The minimum atomic E-state index is -0.740. The molecular formula is C28H30N6O2. The third kappa shape index (κ3) is 4.38. The SMILES string of the molecule is Cc1nc2cnc3ccc(C#CCn4cccc(C(N)=O)c4=O)cc3c2n1C1CCC(N(C)C)CC1. The number of pyridine rings is 2. The Hall–Kier alpha value is -3.96. The summed E-state index contributed by atoms with van der Waals surface area (Å²) in [5.74, 6) is 6.48. The van der Waals surface area contributed by atoms with E-state index in [-0.39, 0.29) is 12.1 Å². The van der Waals surface area contributed by atoms with Crippen molar-refractivity contribution in [2.45, 2.75) is 51.2 Å². The molecule has 0 bridgehead atoms. The Bertz CT molecular complexity index is 1580. The van der Waals surface area contributed by atoms with Crippen molar-refractivity contribution in [1.82, 2.24) is 24.0 Å². The van der Waals surface area contributed by atoms with Crippen LogP contribution in [0.4, 0.5) is 0 Å². The number of aromatic nitrogens is 4. The van der Waals surface area contributed by atoms with Gasteiger partial charge >= 0.3 is 0 Å². The third-order valence-electron chi connectivity index (χ3n) is 7.22. The molecule has 1 aliphatic carbocycles. The van der Waals surface area contributed by atoms with Crippen molar-refractivity contribution in [2.24, 2.45) is 5.73 Å². The number of rotatable bonds is 4. The van der Waals surface area contributed by atoms with E-state index in [0.717, 1.165) is 46.2 Å². The molecule has 3 heterocycles. The summed E-state index contributed by atoms with van der Waals surface area (Å²) in [6.45, 7) is 2.23. The number of nitrogens with zero attached hydrogens (tertiary/aromatic N) is 5. The maximum Gasteiger partial charge on any atom is 0.264 e. The highest BCUT2D eigenvalue weighted by molar-refractivity contribution is 6.03. The van der Waals surface area contributed by atoms with E-state index in [1.807, 2.05) is 18.3 Å². The molecule has 4 aromatic rings. The zero-order valence-corrected chi connectivity index (χ0v) is 20.9.